The first kappa shape index (κ1) is 13.3. The fourth-order valence-corrected chi connectivity index (χ4v) is 2.61. The minimum Gasteiger partial charge on any atom is -0.370 e. The standard InChI is InChI=1S/C15H25N3/c1-4-10-16-14-11(2)12(3)17-15(18-14)13-8-6-5-7-9-13/h13H,4-10H2,1-3H3,(H,16,17,18). The molecule has 0 aliphatic heterocycles. The van der Waals surface area contributed by atoms with Crippen LogP contribution in [0.25, 0.3) is 0 Å². The van der Waals surface area contributed by atoms with E-state index in [0.717, 1.165) is 30.3 Å². The van der Waals surface area contributed by atoms with Gasteiger partial charge in [0.2, 0.25) is 0 Å². The van der Waals surface area contributed by atoms with Gasteiger partial charge in [0, 0.05) is 23.7 Å². The molecule has 1 aliphatic carbocycles. The molecule has 0 spiro atoms. The summed E-state index contributed by atoms with van der Waals surface area (Å²) >= 11 is 0. The minimum absolute atomic E-state index is 0.584. The van der Waals surface area contributed by atoms with E-state index in [0.29, 0.717) is 5.92 Å². The molecule has 18 heavy (non-hydrogen) atoms. The van der Waals surface area contributed by atoms with E-state index in [4.69, 9.17) is 9.97 Å². The molecule has 1 fully saturated rings. The third-order valence-corrected chi connectivity index (χ3v) is 3.92. The maximum absolute atomic E-state index is 4.77. The second kappa shape index (κ2) is 6.17. The molecule has 2 rings (SSSR count). The minimum atomic E-state index is 0.584. The Balaban J connectivity index is 2.22. The summed E-state index contributed by atoms with van der Waals surface area (Å²) in [4.78, 5) is 9.49. The predicted molar refractivity (Wildman–Crippen MR) is 76.1 cm³/mol. The van der Waals surface area contributed by atoms with Crippen molar-refractivity contribution in [2.24, 2.45) is 0 Å². The van der Waals surface area contributed by atoms with Crippen LogP contribution in [-0.4, -0.2) is 16.5 Å². The van der Waals surface area contributed by atoms with Crippen molar-refractivity contribution >= 4 is 5.82 Å². The van der Waals surface area contributed by atoms with Crippen LogP contribution in [0.3, 0.4) is 0 Å². The fraction of sp³-hybridized carbons (Fsp3) is 0.733. The van der Waals surface area contributed by atoms with E-state index < -0.39 is 0 Å². The van der Waals surface area contributed by atoms with Crippen molar-refractivity contribution in [2.45, 2.75) is 65.2 Å². The maximum Gasteiger partial charge on any atom is 0.134 e. The summed E-state index contributed by atoms with van der Waals surface area (Å²) in [5, 5.41) is 3.43. The molecular weight excluding hydrogens is 222 g/mol. The van der Waals surface area contributed by atoms with Crippen molar-refractivity contribution in [1.29, 1.82) is 0 Å². The lowest BCUT2D eigenvalue weighted by molar-refractivity contribution is 0.428. The van der Waals surface area contributed by atoms with Gasteiger partial charge in [-0.15, -0.1) is 0 Å². The van der Waals surface area contributed by atoms with Gasteiger partial charge in [0.1, 0.15) is 11.6 Å². The highest BCUT2D eigenvalue weighted by atomic mass is 15.0. The van der Waals surface area contributed by atoms with E-state index in [9.17, 15) is 0 Å². The molecule has 1 aromatic rings. The van der Waals surface area contributed by atoms with Gasteiger partial charge in [-0.3, -0.25) is 0 Å². The highest BCUT2D eigenvalue weighted by Gasteiger charge is 2.19. The molecule has 0 aromatic carbocycles. The molecule has 1 aliphatic rings. The Bertz CT molecular complexity index is 395. The number of nitrogens with one attached hydrogen (secondary N) is 1. The second-order valence-electron chi connectivity index (χ2n) is 5.40. The molecule has 0 atom stereocenters. The van der Waals surface area contributed by atoms with Crippen LogP contribution >= 0.6 is 0 Å². The lowest BCUT2D eigenvalue weighted by Gasteiger charge is -2.22. The normalized spacial score (nSPS) is 16.8. The summed E-state index contributed by atoms with van der Waals surface area (Å²) in [5.41, 5.74) is 2.33. The molecule has 0 bridgehead atoms. The van der Waals surface area contributed by atoms with Crippen LogP contribution in [0.15, 0.2) is 0 Å². The summed E-state index contributed by atoms with van der Waals surface area (Å²) in [6.07, 6.45) is 7.69. The van der Waals surface area contributed by atoms with E-state index in [1.54, 1.807) is 0 Å². The molecule has 1 aromatic heterocycles. The van der Waals surface area contributed by atoms with Crippen LogP contribution in [0, 0.1) is 13.8 Å². The van der Waals surface area contributed by atoms with Crippen molar-refractivity contribution in [1.82, 2.24) is 9.97 Å². The number of nitrogens with zero attached hydrogens (tertiary/aromatic N) is 2. The average molecular weight is 247 g/mol. The van der Waals surface area contributed by atoms with Gasteiger partial charge in [0.05, 0.1) is 0 Å². The first-order valence-electron chi connectivity index (χ1n) is 7.31. The highest BCUT2D eigenvalue weighted by Crippen LogP contribution is 2.31. The fourth-order valence-electron chi connectivity index (χ4n) is 2.61. The van der Waals surface area contributed by atoms with Gasteiger partial charge in [-0.25, -0.2) is 9.97 Å². The number of hydrogen-bond donors (Lipinski definition) is 1. The first-order valence-corrected chi connectivity index (χ1v) is 7.31. The van der Waals surface area contributed by atoms with Crippen molar-refractivity contribution in [2.75, 3.05) is 11.9 Å². The smallest absolute Gasteiger partial charge is 0.134 e. The van der Waals surface area contributed by atoms with Crippen LogP contribution in [0.1, 0.15) is 68.4 Å². The quantitative estimate of drug-likeness (QED) is 0.875. The molecule has 1 heterocycles. The van der Waals surface area contributed by atoms with Crippen LogP contribution in [0.4, 0.5) is 5.82 Å². The topological polar surface area (TPSA) is 37.8 Å². The Morgan fingerprint density at radius 1 is 1.11 bits per heavy atom. The van der Waals surface area contributed by atoms with Gasteiger partial charge in [0.25, 0.3) is 0 Å². The largest absolute Gasteiger partial charge is 0.370 e. The third-order valence-electron chi connectivity index (χ3n) is 3.92. The first-order chi connectivity index (χ1) is 8.72. The Morgan fingerprint density at radius 3 is 2.50 bits per heavy atom. The lowest BCUT2D eigenvalue weighted by atomic mass is 9.88. The molecule has 0 saturated heterocycles. The molecule has 0 radical (unpaired) electrons. The van der Waals surface area contributed by atoms with E-state index >= 15 is 0 Å². The number of hydrogen-bond acceptors (Lipinski definition) is 3. The lowest BCUT2D eigenvalue weighted by Crippen LogP contribution is -2.13. The molecule has 3 nitrogen and oxygen atoms in total. The average Bonchev–Trinajstić information content (AvgIpc) is 2.41. The molecule has 3 heteroatoms. The maximum atomic E-state index is 4.77. The van der Waals surface area contributed by atoms with E-state index in [1.807, 2.05) is 0 Å². The summed E-state index contributed by atoms with van der Waals surface area (Å²) in [7, 11) is 0. The van der Waals surface area contributed by atoms with E-state index in [2.05, 4.69) is 26.1 Å². The zero-order valence-corrected chi connectivity index (χ0v) is 11.9. The van der Waals surface area contributed by atoms with Gasteiger partial charge < -0.3 is 5.32 Å². The Kier molecular flexibility index (Phi) is 4.56. The third kappa shape index (κ3) is 3.01. The molecular formula is C15H25N3. The highest BCUT2D eigenvalue weighted by molar-refractivity contribution is 5.45. The van der Waals surface area contributed by atoms with E-state index in [-0.39, 0.29) is 0 Å². The molecule has 1 N–H and O–H groups in total. The van der Waals surface area contributed by atoms with Crippen LogP contribution in [-0.2, 0) is 0 Å². The number of rotatable bonds is 4. The number of aryl methyl sites for hydroxylation is 1. The Hall–Kier alpha value is -1.12. The second-order valence-corrected chi connectivity index (χ2v) is 5.40. The van der Waals surface area contributed by atoms with Crippen LogP contribution < -0.4 is 5.32 Å². The molecule has 0 unspecified atom stereocenters. The Morgan fingerprint density at radius 2 is 1.83 bits per heavy atom. The number of aromatic nitrogens is 2. The van der Waals surface area contributed by atoms with Gasteiger partial charge in [0.15, 0.2) is 0 Å². The van der Waals surface area contributed by atoms with E-state index in [1.165, 1.54) is 37.7 Å². The zero-order chi connectivity index (χ0) is 13.0. The summed E-state index contributed by atoms with van der Waals surface area (Å²) in [5.74, 6) is 2.70. The van der Waals surface area contributed by atoms with Gasteiger partial charge in [-0.05, 0) is 33.1 Å². The summed E-state index contributed by atoms with van der Waals surface area (Å²) in [6.45, 7) is 7.37. The van der Waals surface area contributed by atoms with Crippen LogP contribution in [0.2, 0.25) is 0 Å². The zero-order valence-electron chi connectivity index (χ0n) is 11.9. The van der Waals surface area contributed by atoms with Gasteiger partial charge in [-0.2, -0.15) is 0 Å². The van der Waals surface area contributed by atoms with Crippen molar-refractivity contribution in [3.8, 4) is 0 Å². The SMILES string of the molecule is CCCNc1nc(C2CCCCC2)nc(C)c1C. The van der Waals surface area contributed by atoms with Gasteiger partial charge >= 0.3 is 0 Å². The summed E-state index contributed by atoms with van der Waals surface area (Å²) in [6, 6.07) is 0. The monoisotopic (exact) mass is 247 g/mol. The molecule has 100 valence electrons. The van der Waals surface area contributed by atoms with Crippen LogP contribution in [0.5, 0.6) is 0 Å². The van der Waals surface area contributed by atoms with Crippen molar-refractivity contribution in [3.05, 3.63) is 17.1 Å². The van der Waals surface area contributed by atoms with Gasteiger partial charge in [-0.1, -0.05) is 26.2 Å². The Labute approximate surface area is 110 Å². The predicted octanol–water partition coefficient (Wildman–Crippen LogP) is 3.96. The van der Waals surface area contributed by atoms with Crippen molar-refractivity contribution in [3.63, 3.8) is 0 Å². The van der Waals surface area contributed by atoms with Crippen molar-refractivity contribution < 1.29 is 0 Å². The molecule has 1 saturated carbocycles. The molecule has 0 amide bonds. The summed E-state index contributed by atoms with van der Waals surface area (Å²) < 4.78 is 0. The number of anilines is 1.